The zero-order valence-electron chi connectivity index (χ0n) is 31.6. The van der Waals surface area contributed by atoms with Crippen molar-refractivity contribution in [3.05, 3.63) is 181 Å². The standard InChI is InChI=1S/C20H13F2N3.C20H12F2N3.C5H12O2.2Ir/c2*21-16-10-6-14(7-11-16)19-23-24-20(15-8-12-17(22)13-9-15)25(19)18-4-2-1-3-5-18;1-4(6)3-5(2)7;;/h1-13H;1-8,10-13H;4-7H,3H2,1-2H3;;/q;-1;;;. The molecule has 8 aromatic rings. The van der Waals surface area contributed by atoms with Gasteiger partial charge in [0.1, 0.15) is 17.5 Å². The van der Waals surface area contributed by atoms with Crippen LogP contribution in [0.2, 0.25) is 0 Å². The SMILES string of the molecule is CC(O)CC(C)O.Fc1c[c-]c(-c2nnc(-c3ccc(F)cc3)n2-c2ccccc2)cc1.Fc1ccc(-c2nnc(-c3ccc(F)cc3)n2-c2ccccc2)cc1.[Ir].[Ir]. The van der Waals surface area contributed by atoms with E-state index in [1.54, 1.807) is 56.3 Å². The fourth-order valence-electron chi connectivity index (χ4n) is 5.78. The van der Waals surface area contributed by atoms with Crippen LogP contribution in [0.4, 0.5) is 17.6 Å². The topological polar surface area (TPSA) is 102 Å². The molecule has 0 aliphatic carbocycles. The predicted octanol–water partition coefficient (Wildman–Crippen LogP) is 9.69. The molecule has 2 radical (unpaired) electrons. The van der Waals surface area contributed by atoms with Crippen molar-refractivity contribution in [3.8, 4) is 56.9 Å². The Morgan fingerprint density at radius 2 is 0.780 bits per heavy atom. The van der Waals surface area contributed by atoms with Crippen molar-refractivity contribution in [2.24, 2.45) is 0 Å². The molecule has 6 aromatic carbocycles. The van der Waals surface area contributed by atoms with Crippen LogP contribution in [0.25, 0.3) is 56.9 Å². The average Bonchev–Trinajstić information content (AvgIpc) is 3.86. The molecule has 0 aliphatic rings. The van der Waals surface area contributed by atoms with Crippen molar-refractivity contribution in [2.75, 3.05) is 0 Å². The van der Waals surface area contributed by atoms with E-state index < -0.39 is 0 Å². The molecule has 59 heavy (non-hydrogen) atoms. The largest absolute Gasteiger partial charge is 0.393 e. The van der Waals surface area contributed by atoms with Crippen LogP contribution in [0, 0.1) is 29.3 Å². The summed E-state index contributed by atoms with van der Waals surface area (Å²) in [6.07, 6.45) is -0.278. The summed E-state index contributed by atoms with van der Waals surface area (Å²) in [5, 5.41) is 34.2. The average molecular weight is 1150 g/mol. The van der Waals surface area contributed by atoms with Gasteiger partial charge < -0.3 is 14.8 Å². The van der Waals surface area contributed by atoms with Crippen molar-refractivity contribution in [3.63, 3.8) is 0 Å². The van der Waals surface area contributed by atoms with Crippen molar-refractivity contribution in [2.45, 2.75) is 32.5 Å². The van der Waals surface area contributed by atoms with Crippen LogP contribution in [0.5, 0.6) is 0 Å². The number of aromatic nitrogens is 6. The van der Waals surface area contributed by atoms with E-state index >= 15 is 0 Å². The molecular weight excluding hydrogens is 1120 g/mol. The Morgan fingerprint density at radius 3 is 1.08 bits per heavy atom. The number of halogens is 4. The van der Waals surface area contributed by atoms with E-state index in [2.05, 4.69) is 26.5 Å². The van der Waals surface area contributed by atoms with Crippen LogP contribution in [0.1, 0.15) is 20.3 Å². The van der Waals surface area contributed by atoms with E-state index in [4.69, 9.17) is 10.2 Å². The van der Waals surface area contributed by atoms with Gasteiger partial charge in [0.15, 0.2) is 17.5 Å². The van der Waals surface area contributed by atoms with Gasteiger partial charge in [-0.05, 0) is 117 Å². The monoisotopic (exact) mass is 1160 g/mol. The van der Waals surface area contributed by atoms with E-state index in [1.165, 1.54) is 48.5 Å². The molecular formula is C45H37F4Ir2N6O2-. The molecule has 2 N–H and O–H groups in total. The first-order chi connectivity index (χ1) is 27.6. The molecule has 306 valence electrons. The van der Waals surface area contributed by atoms with Gasteiger partial charge in [0.2, 0.25) is 0 Å². The van der Waals surface area contributed by atoms with Crippen molar-refractivity contribution < 1.29 is 68.0 Å². The Balaban J connectivity index is 0.000000219. The molecule has 0 saturated heterocycles. The number of benzene rings is 6. The first kappa shape index (κ1) is 46.2. The maximum Gasteiger partial charge on any atom is 0.168 e. The van der Waals surface area contributed by atoms with Gasteiger partial charge in [-0.2, -0.15) is 5.10 Å². The fourth-order valence-corrected chi connectivity index (χ4v) is 5.78. The van der Waals surface area contributed by atoms with E-state index in [-0.39, 0.29) is 75.7 Å². The number of hydrogen-bond acceptors (Lipinski definition) is 6. The number of aliphatic hydroxyl groups is 2. The van der Waals surface area contributed by atoms with Crippen molar-refractivity contribution in [1.29, 1.82) is 0 Å². The molecule has 2 atom stereocenters. The van der Waals surface area contributed by atoms with Gasteiger partial charge in [-0.15, -0.1) is 45.1 Å². The van der Waals surface area contributed by atoms with E-state index in [0.29, 0.717) is 35.3 Å². The van der Waals surface area contributed by atoms with Gasteiger partial charge in [-0.25, -0.2) is 13.2 Å². The fraction of sp³-hybridized carbons (Fsp3) is 0.111. The Kier molecular flexibility index (Phi) is 17.3. The van der Waals surface area contributed by atoms with Crippen LogP contribution in [0.3, 0.4) is 0 Å². The zero-order chi connectivity index (χ0) is 40.3. The second-order valence-corrected chi connectivity index (χ2v) is 12.9. The predicted molar refractivity (Wildman–Crippen MR) is 211 cm³/mol. The van der Waals surface area contributed by atoms with E-state index in [1.807, 2.05) is 69.8 Å². The molecule has 0 fully saturated rings. The van der Waals surface area contributed by atoms with Gasteiger partial charge in [-0.3, -0.25) is 8.96 Å². The first-order valence-electron chi connectivity index (χ1n) is 17.9. The third kappa shape index (κ3) is 12.3. The smallest absolute Gasteiger partial charge is 0.168 e. The summed E-state index contributed by atoms with van der Waals surface area (Å²) in [7, 11) is 0. The number of nitrogens with zero attached hydrogens (tertiary/aromatic N) is 6. The number of rotatable bonds is 8. The van der Waals surface area contributed by atoms with Crippen LogP contribution in [-0.2, 0) is 40.2 Å². The molecule has 0 amide bonds. The molecule has 0 saturated carbocycles. The Morgan fingerprint density at radius 1 is 0.458 bits per heavy atom. The van der Waals surface area contributed by atoms with Crippen molar-refractivity contribution >= 4 is 0 Å². The molecule has 0 spiro atoms. The van der Waals surface area contributed by atoms with Crippen LogP contribution >= 0.6 is 0 Å². The Hall–Kier alpha value is -5.46. The summed E-state index contributed by atoms with van der Waals surface area (Å²) < 4.78 is 56.7. The third-order valence-corrected chi connectivity index (χ3v) is 8.36. The normalized spacial score (nSPS) is 11.4. The number of aliphatic hydroxyl groups excluding tert-OH is 2. The molecule has 2 heterocycles. The van der Waals surface area contributed by atoms with E-state index in [0.717, 1.165) is 28.1 Å². The first-order valence-corrected chi connectivity index (χ1v) is 17.9. The summed E-state index contributed by atoms with van der Waals surface area (Å²) in [6.45, 7) is 3.32. The van der Waals surface area contributed by atoms with Gasteiger partial charge in [0.05, 0.1) is 18.0 Å². The maximum atomic E-state index is 13.3. The molecule has 0 bridgehead atoms. The zero-order valence-corrected chi connectivity index (χ0v) is 36.3. The van der Waals surface area contributed by atoms with Gasteiger partial charge >= 0.3 is 0 Å². The molecule has 0 aliphatic heterocycles. The van der Waals surface area contributed by atoms with E-state index in [9.17, 15) is 17.6 Å². The van der Waals surface area contributed by atoms with Crippen molar-refractivity contribution in [1.82, 2.24) is 29.5 Å². The summed E-state index contributed by atoms with van der Waals surface area (Å²) in [5.41, 5.74) is 4.54. The van der Waals surface area contributed by atoms with Gasteiger partial charge in [0.25, 0.3) is 0 Å². The molecule has 14 heteroatoms. The second kappa shape index (κ2) is 22.1. The summed E-state index contributed by atoms with van der Waals surface area (Å²) in [6, 6.07) is 44.5. The maximum absolute atomic E-state index is 13.3. The molecule has 8 rings (SSSR count). The molecule has 2 aromatic heterocycles. The molecule has 2 unspecified atom stereocenters. The minimum Gasteiger partial charge on any atom is -0.393 e. The van der Waals surface area contributed by atoms with Crippen LogP contribution in [-0.4, -0.2) is 51.9 Å². The number of para-hydroxylation sites is 2. The van der Waals surface area contributed by atoms with Gasteiger partial charge in [0, 0.05) is 74.1 Å². The quantitative estimate of drug-likeness (QED) is 0.116. The second-order valence-electron chi connectivity index (χ2n) is 12.9. The Labute approximate surface area is 366 Å². The summed E-state index contributed by atoms with van der Waals surface area (Å²) in [4.78, 5) is 0. The van der Waals surface area contributed by atoms with Gasteiger partial charge in [-0.1, -0.05) is 36.4 Å². The Bertz CT molecular complexity index is 2170. The minimum absolute atomic E-state index is 0. The minimum atomic E-state index is -0.375. The van der Waals surface area contributed by atoms with Crippen LogP contribution < -0.4 is 0 Å². The molecule has 8 nitrogen and oxygen atoms in total. The third-order valence-electron chi connectivity index (χ3n) is 8.36. The van der Waals surface area contributed by atoms with Crippen LogP contribution in [0.15, 0.2) is 152 Å². The number of hydrogen-bond donors (Lipinski definition) is 2. The summed E-state index contributed by atoms with van der Waals surface area (Å²) >= 11 is 0. The summed E-state index contributed by atoms with van der Waals surface area (Å²) in [5.74, 6) is 0.969.